The molecule has 0 aromatic heterocycles. The first-order chi connectivity index (χ1) is 11.6. The normalized spacial score (nSPS) is 22.2. The van der Waals surface area contributed by atoms with Gasteiger partial charge in [-0.05, 0) is 48.0 Å². The SMILES string of the molecule is CN1CCN(C2(CNC(=O)c3ccccc3Br)CCCCC2)CC1. The molecule has 2 fully saturated rings. The summed E-state index contributed by atoms with van der Waals surface area (Å²) in [5.41, 5.74) is 0.873. The number of benzene rings is 1. The van der Waals surface area contributed by atoms with Gasteiger partial charge in [0.2, 0.25) is 0 Å². The Morgan fingerprint density at radius 3 is 2.46 bits per heavy atom. The zero-order valence-electron chi connectivity index (χ0n) is 14.6. The summed E-state index contributed by atoms with van der Waals surface area (Å²) in [6, 6.07) is 7.65. The number of halogens is 1. The van der Waals surface area contributed by atoms with Crippen LogP contribution in [0.3, 0.4) is 0 Å². The molecular formula is C19H28BrN3O. The van der Waals surface area contributed by atoms with E-state index in [1.165, 1.54) is 32.1 Å². The first kappa shape index (κ1) is 17.9. The van der Waals surface area contributed by atoms with Crippen LogP contribution in [-0.2, 0) is 0 Å². The second-order valence-electron chi connectivity index (χ2n) is 7.24. The fourth-order valence-electron chi connectivity index (χ4n) is 4.08. The van der Waals surface area contributed by atoms with Crippen LogP contribution < -0.4 is 5.32 Å². The quantitative estimate of drug-likeness (QED) is 0.853. The first-order valence-electron chi connectivity index (χ1n) is 9.07. The molecule has 24 heavy (non-hydrogen) atoms. The number of carbonyl (C=O) groups excluding carboxylic acids is 1. The number of hydrogen-bond donors (Lipinski definition) is 1. The molecule has 1 aromatic rings. The van der Waals surface area contributed by atoms with Crippen molar-refractivity contribution in [2.75, 3.05) is 39.8 Å². The van der Waals surface area contributed by atoms with E-state index in [-0.39, 0.29) is 11.4 Å². The van der Waals surface area contributed by atoms with Gasteiger partial charge in [0, 0.05) is 42.7 Å². The first-order valence-corrected chi connectivity index (χ1v) is 9.86. The summed E-state index contributed by atoms with van der Waals surface area (Å²) in [6.07, 6.45) is 6.28. The molecule has 1 aromatic carbocycles. The van der Waals surface area contributed by atoms with Crippen LogP contribution >= 0.6 is 15.9 Å². The highest BCUT2D eigenvalue weighted by atomic mass is 79.9. The Morgan fingerprint density at radius 2 is 1.79 bits per heavy atom. The number of amides is 1. The number of piperazine rings is 1. The van der Waals surface area contributed by atoms with Crippen molar-refractivity contribution in [1.29, 1.82) is 0 Å². The van der Waals surface area contributed by atoms with Gasteiger partial charge >= 0.3 is 0 Å². The third-order valence-electron chi connectivity index (χ3n) is 5.65. The van der Waals surface area contributed by atoms with Gasteiger partial charge in [0.25, 0.3) is 5.91 Å². The number of carbonyl (C=O) groups is 1. The Hall–Kier alpha value is -0.910. The summed E-state index contributed by atoms with van der Waals surface area (Å²) in [6.45, 7) is 5.24. The van der Waals surface area contributed by atoms with E-state index < -0.39 is 0 Å². The monoisotopic (exact) mass is 393 g/mol. The largest absolute Gasteiger partial charge is 0.350 e. The molecular weight excluding hydrogens is 366 g/mol. The number of likely N-dealkylation sites (N-methyl/N-ethyl adjacent to an activating group) is 1. The standard InChI is InChI=1S/C19H28BrN3O/c1-22-11-13-23(14-12-22)19(9-5-2-6-10-19)15-21-18(24)16-7-3-4-8-17(16)20/h3-4,7-8H,2,5-6,9-15H2,1H3,(H,21,24). The van der Waals surface area contributed by atoms with Gasteiger partial charge in [0.15, 0.2) is 0 Å². The second-order valence-corrected chi connectivity index (χ2v) is 8.09. The maximum Gasteiger partial charge on any atom is 0.252 e. The van der Waals surface area contributed by atoms with Crippen LogP contribution in [0.15, 0.2) is 28.7 Å². The van der Waals surface area contributed by atoms with E-state index >= 15 is 0 Å². The highest BCUT2D eigenvalue weighted by Gasteiger charge is 2.39. The Balaban J connectivity index is 1.68. The number of rotatable bonds is 4. The van der Waals surface area contributed by atoms with E-state index in [0.29, 0.717) is 0 Å². The Morgan fingerprint density at radius 1 is 1.12 bits per heavy atom. The van der Waals surface area contributed by atoms with Crippen LogP contribution in [0.25, 0.3) is 0 Å². The van der Waals surface area contributed by atoms with Crippen molar-refractivity contribution in [2.45, 2.75) is 37.6 Å². The molecule has 0 unspecified atom stereocenters. The highest BCUT2D eigenvalue weighted by molar-refractivity contribution is 9.10. The van der Waals surface area contributed by atoms with Crippen molar-refractivity contribution in [3.63, 3.8) is 0 Å². The van der Waals surface area contributed by atoms with Gasteiger partial charge in [-0.15, -0.1) is 0 Å². The van der Waals surface area contributed by atoms with Crippen LogP contribution in [-0.4, -0.2) is 61.0 Å². The molecule has 2 aliphatic rings. The number of hydrogen-bond acceptors (Lipinski definition) is 3. The smallest absolute Gasteiger partial charge is 0.252 e. The zero-order chi connectivity index (χ0) is 17.0. The van der Waals surface area contributed by atoms with Gasteiger partial charge in [0.05, 0.1) is 5.56 Å². The topological polar surface area (TPSA) is 35.6 Å². The van der Waals surface area contributed by atoms with Crippen molar-refractivity contribution >= 4 is 21.8 Å². The van der Waals surface area contributed by atoms with E-state index in [1.54, 1.807) is 0 Å². The average Bonchev–Trinajstić information content (AvgIpc) is 2.61. The van der Waals surface area contributed by atoms with E-state index in [9.17, 15) is 4.79 Å². The van der Waals surface area contributed by atoms with E-state index in [0.717, 1.165) is 42.8 Å². The van der Waals surface area contributed by atoms with E-state index in [4.69, 9.17) is 0 Å². The molecule has 1 saturated carbocycles. The van der Waals surface area contributed by atoms with Crippen LogP contribution in [0.5, 0.6) is 0 Å². The minimum atomic E-state index is 0.0292. The highest BCUT2D eigenvalue weighted by Crippen LogP contribution is 2.34. The third kappa shape index (κ3) is 4.01. The minimum absolute atomic E-state index is 0.0292. The van der Waals surface area contributed by atoms with Crippen LogP contribution in [0.4, 0.5) is 0 Å². The Kier molecular flexibility index (Phi) is 5.95. The summed E-state index contributed by atoms with van der Waals surface area (Å²) in [5.74, 6) is 0.0292. The van der Waals surface area contributed by atoms with Gasteiger partial charge in [-0.2, -0.15) is 0 Å². The lowest BCUT2D eigenvalue weighted by atomic mass is 9.79. The van der Waals surface area contributed by atoms with Crippen molar-refractivity contribution in [3.8, 4) is 0 Å². The van der Waals surface area contributed by atoms with Gasteiger partial charge in [-0.1, -0.05) is 31.4 Å². The van der Waals surface area contributed by atoms with Crippen LogP contribution in [0, 0.1) is 0 Å². The maximum absolute atomic E-state index is 12.6. The summed E-state index contributed by atoms with van der Waals surface area (Å²) >= 11 is 3.48. The minimum Gasteiger partial charge on any atom is -0.350 e. The maximum atomic E-state index is 12.6. The zero-order valence-corrected chi connectivity index (χ0v) is 16.1. The van der Waals surface area contributed by atoms with Crippen LogP contribution in [0.2, 0.25) is 0 Å². The lowest BCUT2D eigenvalue weighted by Gasteiger charge is -2.49. The van der Waals surface area contributed by atoms with E-state index in [1.807, 2.05) is 24.3 Å². The molecule has 0 radical (unpaired) electrons. The average molecular weight is 394 g/mol. The molecule has 1 saturated heterocycles. The predicted molar refractivity (Wildman–Crippen MR) is 101 cm³/mol. The molecule has 1 amide bonds. The van der Waals surface area contributed by atoms with Gasteiger partial charge in [-0.25, -0.2) is 0 Å². The molecule has 0 bridgehead atoms. The van der Waals surface area contributed by atoms with Crippen molar-refractivity contribution in [1.82, 2.24) is 15.1 Å². The molecule has 1 heterocycles. The summed E-state index contributed by atoms with van der Waals surface area (Å²) in [7, 11) is 2.19. The fourth-order valence-corrected chi connectivity index (χ4v) is 4.55. The Labute approximate surface area is 153 Å². The second kappa shape index (κ2) is 7.98. The van der Waals surface area contributed by atoms with Crippen molar-refractivity contribution < 1.29 is 4.79 Å². The predicted octanol–water partition coefficient (Wildman–Crippen LogP) is 3.13. The summed E-state index contributed by atoms with van der Waals surface area (Å²) in [4.78, 5) is 17.7. The van der Waals surface area contributed by atoms with Crippen LogP contribution in [0.1, 0.15) is 42.5 Å². The van der Waals surface area contributed by atoms with E-state index in [2.05, 4.69) is 38.1 Å². The van der Waals surface area contributed by atoms with Gasteiger partial charge in [-0.3, -0.25) is 9.69 Å². The van der Waals surface area contributed by atoms with Gasteiger partial charge in [0.1, 0.15) is 0 Å². The summed E-state index contributed by atoms with van der Waals surface area (Å²) in [5, 5.41) is 3.23. The fraction of sp³-hybridized carbons (Fsp3) is 0.632. The molecule has 5 heteroatoms. The lowest BCUT2D eigenvalue weighted by molar-refractivity contribution is 0.0138. The number of nitrogens with one attached hydrogen (secondary N) is 1. The molecule has 132 valence electrons. The molecule has 1 N–H and O–H groups in total. The van der Waals surface area contributed by atoms with Crippen molar-refractivity contribution in [3.05, 3.63) is 34.3 Å². The molecule has 0 spiro atoms. The molecule has 1 aliphatic heterocycles. The number of nitrogens with zero attached hydrogens (tertiary/aromatic N) is 2. The lowest BCUT2D eigenvalue weighted by Crippen LogP contribution is -2.61. The molecule has 4 nitrogen and oxygen atoms in total. The summed E-state index contributed by atoms with van der Waals surface area (Å²) < 4.78 is 0.861. The Bertz CT molecular complexity index is 563. The molecule has 1 aliphatic carbocycles. The molecule has 0 atom stereocenters. The van der Waals surface area contributed by atoms with Gasteiger partial charge < -0.3 is 10.2 Å². The molecule has 3 rings (SSSR count). The van der Waals surface area contributed by atoms with Crippen molar-refractivity contribution in [2.24, 2.45) is 0 Å². The third-order valence-corrected chi connectivity index (χ3v) is 6.35.